The molecule has 1 atom stereocenters. The number of hydrogen-bond donors (Lipinski definition) is 1. The van der Waals surface area contributed by atoms with Crippen molar-refractivity contribution in [3.63, 3.8) is 0 Å². The summed E-state index contributed by atoms with van der Waals surface area (Å²) < 4.78 is 5.41. The number of hydrogen-bond acceptors (Lipinski definition) is 3. The summed E-state index contributed by atoms with van der Waals surface area (Å²) in [4.78, 5) is 29.0. The van der Waals surface area contributed by atoms with E-state index in [-0.39, 0.29) is 11.8 Å². The van der Waals surface area contributed by atoms with Crippen molar-refractivity contribution < 1.29 is 14.3 Å². The molecule has 5 heteroatoms. The summed E-state index contributed by atoms with van der Waals surface area (Å²) in [6, 6.07) is 25.4. The monoisotopic (exact) mass is 500 g/mol. The first-order valence-corrected chi connectivity index (χ1v) is 13.4. The van der Waals surface area contributed by atoms with Crippen molar-refractivity contribution in [1.82, 2.24) is 10.2 Å². The molecular weight excluding hydrogens is 460 g/mol. The Balaban J connectivity index is 1.88. The Kier molecular flexibility index (Phi) is 11.2. The van der Waals surface area contributed by atoms with Crippen LogP contribution in [0.3, 0.4) is 0 Å². The number of unbranched alkanes of at least 4 members (excludes halogenated alkanes) is 1. The molecule has 196 valence electrons. The highest BCUT2D eigenvalue weighted by Gasteiger charge is 2.30. The molecule has 3 rings (SSSR count). The second kappa shape index (κ2) is 14.8. The highest BCUT2D eigenvalue weighted by atomic mass is 16.5. The molecule has 1 unspecified atom stereocenters. The Morgan fingerprint density at radius 3 is 2.24 bits per heavy atom. The van der Waals surface area contributed by atoms with Crippen LogP contribution in [0, 0.1) is 0 Å². The van der Waals surface area contributed by atoms with Crippen LogP contribution in [-0.2, 0) is 35.4 Å². The normalized spacial score (nSPS) is 11.5. The molecule has 0 fully saturated rings. The summed E-state index contributed by atoms with van der Waals surface area (Å²) in [5, 5.41) is 3.08. The molecule has 0 heterocycles. The fourth-order valence-electron chi connectivity index (χ4n) is 4.36. The zero-order valence-corrected chi connectivity index (χ0v) is 22.4. The molecule has 0 bridgehead atoms. The van der Waals surface area contributed by atoms with Crippen molar-refractivity contribution in [3.05, 3.63) is 101 Å². The lowest BCUT2D eigenvalue weighted by Crippen LogP contribution is -2.50. The fourth-order valence-corrected chi connectivity index (χ4v) is 4.36. The first-order chi connectivity index (χ1) is 18.0. The number of benzene rings is 3. The van der Waals surface area contributed by atoms with E-state index < -0.39 is 6.04 Å². The van der Waals surface area contributed by atoms with Crippen LogP contribution in [0.5, 0.6) is 5.75 Å². The van der Waals surface area contributed by atoms with Crippen molar-refractivity contribution in [2.75, 3.05) is 13.7 Å². The minimum atomic E-state index is -0.611. The first-order valence-electron chi connectivity index (χ1n) is 13.4. The molecule has 1 N–H and O–H groups in total. The van der Waals surface area contributed by atoms with Crippen molar-refractivity contribution in [3.8, 4) is 5.75 Å². The zero-order valence-electron chi connectivity index (χ0n) is 22.4. The Morgan fingerprint density at radius 1 is 0.865 bits per heavy atom. The van der Waals surface area contributed by atoms with Crippen molar-refractivity contribution >= 4 is 11.8 Å². The van der Waals surface area contributed by atoms with Gasteiger partial charge in [-0.15, -0.1) is 0 Å². The molecule has 0 aliphatic carbocycles. The van der Waals surface area contributed by atoms with Gasteiger partial charge < -0.3 is 15.0 Å². The van der Waals surface area contributed by atoms with Crippen LogP contribution in [0.4, 0.5) is 0 Å². The SMILES string of the molecule is CCCCNC(=O)C(Cc1ccccc1)N(Cc1cccc(OC)c1)C(=O)CCc1ccc(CC)cc1. The van der Waals surface area contributed by atoms with Crippen molar-refractivity contribution in [2.24, 2.45) is 0 Å². The summed E-state index contributed by atoms with van der Waals surface area (Å²) >= 11 is 0. The molecule has 0 saturated heterocycles. The Labute approximate surface area is 221 Å². The summed E-state index contributed by atoms with van der Waals surface area (Å²) in [6.07, 6.45) is 4.31. The van der Waals surface area contributed by atoms with Gasteiger partial charge >= 0.3 is 0 Å². The predicted molar refractivity (Wildman–Crippen MR) is 150 cm³/mol. The molecule has 3 aromatic carbocycles. The third-order valence-electron chi connectivity index (χ3n) is 6.65. The molecule has 0 aliphatic heterocycles. The Hall–Kier alpha value is -3.60. The highest BCUT2D eigenvalue weighted by Crippen LogP contribution is 2.20. The van der Waals surface area contributed by atoms with Gasteiger partial charge in [0.25, 0.3) is 0 Å². The minimum absolute atomic E-state index is 0.0334. The third-order valence-corrected chi connectivity index (χ3v) is 6.65. The lowest BCUT2D eigenvalue weighted by atomic mass is 10.0. The van der Waals surface area contributed by atoms with E-state index in [1.54, 1.807) is 12.0 Å². The second-order valence-electron chi connectivity index (χ2n) is 9.39. The number of methoxy groups -OCH3 is 1. The second-order valence-corrected chi connectivity index (χ2v) is 9.39. The molecular formula is C32H40N2O3. The minimum Gasteiger partial charge on any atom is -0.497 e. The van der Waals surface area contributed by atoms with Crippen LogP contribution in [-0.4, -0.2) is 36.4 Å². The zero-order chi connectivity index (χ0) is 26.5. The predicted octanol–water partition coefficient (Wildman–Crippen LogP) is 5.75. The van der Waals surface area contributed by atoms with Gasteiger partial charge in [-0.2, -0.15) is 0 Å². The van der Waals surface area contributed by atoms with Crippen LogP contribution < -0.4 is 10.1 Å². The van der Waals surface area contributed by atoms with Crippen LogP contribution in [0.25, 0.3) is 0 Å². The molecule has 3 aromatic rings. The Bertz CT molecular complexity index is 1110. The van der Waals surface area contributed by atoms with Gasteiger partial charge in [-0.1, -0.05) is 87.0 Å². The topological polar surface area (TPSA) is 58.6 Å². The van der Waals surface area contributed by atoms with E-state index in [1.807, 2.05) is 54.6 Å². The van der Waals surface area contributed by atoms with Crippen LogP contribution in [0.2, 0.25) is 0 Å². The number of nitrogens with one attached hydrogen (secondary N) is 1. The summed E-state index contributed by atoms with van der Waals surface area (Å²) in [5.41, 5.74) is 4.36. The molecule has 2 amide bonds. The lowest BCUT2D eigenvalue weighted by molar-refractivity contribution is -0.141. The van der Waals surface area contributed by atoms with E-state index in [9.17, 15) is 9.59 Å². The van der Waals surface area contributed by atoms with Gasteiger partial charge in [0.15, 0.2) is 0 Å². The molecule has 37 heavy (non-hydrogen) atoms. The average molecular weight is 501 g/mol. The van der Waals surface area contributed by atoms with E-state index in [0.717, 1.165) is 41.7 Å². The summed E-state index contributed by atoms with van der Waals surface area (Å²) in [6.45, 7) is 5.17. The maximum atomic E-state index is 13.8. The molecule has 0 spiro atoms. The van der Waals surface area contributed by atoms with Gasteiger partial charge in [-0.05, 0) is 53.6 Å². The van der Waals surface area contributed by atoms with Crippen LogP contribution in [0.1, 0.15) is 55.4 Å². The van der Waals surface area contributed by atoms with E-state index in [2.05, 4.69) is 43.4 Å². The summed E-state index contributed by atoms with van der Waals surface area (Å²) in [5.74, 6) is 0.586. The van der Waals surface area contributed by atoms with E-state index >= 15 is 0 Å². The summed E-state index contributed by atoms with van der Waals surface area (Å²) in [7, 11) is 1.63. The molecule has 0 saturated carbocycles. The van der Waals surface area contributed by atoms with Crippen LogP contribution in [0.15, 0.2) is 78.9 Å². The van der Waals surface area contributed by atoms with Crippen molar-refractivity contribution in [1.29, 1.82) is 0 Å². The average Bonchev–Trinajstić information content (AvgIpc) is 2.94. The smallest absolute Gasteiger partial charge is 0.243 e. The first kappa shape index (κ1) is 28.0. The number of nitrogens with zero attached hydrogens (tertiary/aromatic N) is 1. The third kappa shape index (κ3) is 8.78. The number of amides is 2. The number of ether oxygens (including phenoxy) is 1. The number of rotatable bonds is 14. The molecule has 0 aliphatic rings. The van der Waals surface area contributed by atoms with Gasteiger partial charge in [0, 0.05) is 25.9 Å². The molecule has 0 radical (unpaired) electrons. The Morgan fingerprint density at radius 2 is 1.57 bits per heavy atom. The van der Waals surface area contributed by atoms with Crippen molar-refractivity contribution in [2.45, 2.75) is 65.0 Å². The van der Waals surface area contributed by atoms with Gasteiger partial charge in [0.1, 0.15) is 11.8 Å². The van der Waals surface area contributed by atoms with E-state index in [4.69, 9.17) is 4.74 Å². The maximum Gasteiger partial charge on any atom is 0.243 e. The quantitative estimate of drug-likeness (QED) is 0.287. The standard InChI is InChI=1S/C32H40N2O3/c1-4-6-21-33-32(36)30(23-27-11-8-7-9-12-27)34(24-28-13-10-14-29(22-28)37-3)31(35)20-19-26-17-15-25(5-2)16-18-26/h7-18,22,30H,4-6,19-21,23-24H2,1-3H3,(H,33,36). The van der Waals surface area contributed by atoms with Gasteiger partial charge in [0.2, 0.25) is 11.8 Å². The lowest BCUT2D eigenvalue weighted by Gasteiger charge is -2.32. The van der Waals surface area contributed by atoms with Crippen LogP contribution >= 0.6 is 0 Å². The highest BCUT2D eigenvalue weighted by molar-refractivity contribution is 5.88. The van der Waals surface area contributed by atoms with E-state index in [0.29, 0.717) is 32.4 Å². The number of carbonyl (C=O) groups is 2. The largest absolute Gasteiger partial charge is 0.497 e. The van der Waals surface area contributed by atoms with Gasteiger partial charge in [-0.3, -0.25) is 9.59 Å². The molecule has 0 aromatic heterocycles. The molecule has 5 nitrogen and oxygen atoms in total. The van der Waals surface area contributed by atoms with Gasteiger partial charge in [0.05, 0.1) is 7.11 Å². The fraction of sp³-hybridized carbons (Fsp3) is 0.375. The number of carbonyl (C=O) groups excluding carboxylic acids is 2. The maximum absolute atomic E-state index is 13.8. The van der Waals surface area contributed by atoms with E-state index in [1.165, 1.54) is 5.56 Å². The number of aryl methyl sites for hydroxylation is 2. The van der Waals surface area contributed by atoms with Gasteiger partial charge in [-0.25, -0.2) is 0 Å².